The predicted octanol–water partition coefficient (Wildman–Crippen LogP) is 1.14. The zero-order chi connectivity index (χ0) is 18.7. The minimum absolute atomic E-state index is 0.113. The average molecular weight is 357 g/mol. The molecule has 1 aliphatic rings. The lowest BCUT2D eigenvalue weighted by Gasteiger charge is -2.20. The van der Waals surface area contributed by atoms with E-state index in [0.717, 1.165) is 35.3 Å². The molecule has 2 aromatic rings. The Bertz CT molecular complexity index is 798. The molecule has 3 rings (SSSR count). The fourth-order valence-electron chi connectivity index (χ4n) is 3.22. The molecular formula is C18H23N5O3. The molecule has 1 aromatic heterocycles. The number of nitrogens with zero attached hydrogens (tertiary/aromatic N) is 2. The number of nitrogens with two attached hydrogens (primary N) is 1. The van der Waals surface area contributed by atoms with Gasteiger partial charge in [-0.1, -0.05) is 18.2 Å². The Balaban J connectivity index is 1.68. The number of nitrogens with one attached hydrogen (secondary N) is 2. The third-order valence-electron chi connectivity index (χ3n) is 4.66. The number of hydrogen-bond acceptors (Lipinski definition) is 5. The molecule has 8 nitrogen and oxygen atoms in total. The number of fused-ring (bicyclic) bond motifs is 1. The lowest BCUT2D eigenvalue weighted by atomic mass is 10.2. The number of amides is 2. The number of carbonyl (C=O) groups is 2. The normalized spacial score (nSPS) is 17.5. The number of ether oxygens (including phenoxy) is 1. The molecule has 8 heteroatoms. The van der Waals surface area contributed by atoms with Crippen molar-refractivity contribution in [2.45, 2.75) is 18.9 Å². The van der Waals surface area contributed by atoms with Gasteiger partial charge in [0, 0.05) is 44.1 Å². The lowest BCUT2D eigenvalue weighted by molar-refractivity contribution is -0.125. The van der Waals surface area contributed by atoms with E-state index >= 15 is 0 Å². The largest absolute Gasteiger partial charge is 0.380 e. The summed E-state index contributed by atoms with van der Waals surface area (Å²) in [5, 5.41) is 8.52. The van der Waals surface area contributed by atoms with E-state index in [-0.39, 0.29) is 18.2 Å². The van der Waals surface area contributed by atoms with Crippen LogP contribution in [0.3, 0.4) is 0 Å². The summed E-state index contributed by atoms with van der Waals surface area (Å²) in [6, 6.07) is 9.07. The summed E-state index contributed by atoms with van der Waals surface area (Å²) in [7, 11) is 1.68. The molecule has 0 saturated carbocycles. The molecule has 0 aliphatic carbocycles. The maximum Gasteiger partial charge on any atom is 0.283 e. The van der Waals surface area contributed by atoms with E-state index in [1.807, 2.05) is 24.3 Å². The van der Waals surface area contributed by atoms with Gasteiger partial charge in [-0.25, -0.2) is 4.90 Å². The van der Waals surface area contributed by atoms with Crippen molar-refractivity contribution in [2.24, 2.45) is 5.73 Å². The van der Waals surface area contributed by atoms with Crippen molar-refractivity contribution in [2.75, 3.05) is 26.7 Å². The van der Waals surface area contributed by atoms with Crippen LogP contribution in [-0.4, -0.2) is 65.4 Å². The zero-order valence-electron chi connectivity index (χ0n) is 14.7. The van der Waals surface area contributed by atoms with Crippen LogP contribution < -0.4 is 5.73 Å². The second-order valence-electron chi connectivity index (χ2n) is 6.39. The van der Waals surface area contributed by atoms with Crippen molar-refractivity contribution >= 4 is 28.7 Å². The minimum Gasteiger partial charge on any atom is -0.380 e. The van der Waals surface area contributed by atoms with Gasteiger partial charge >= 0.3 is 0 Å². The quantitative estimate of drug-likeness (QED) is 0.548. The van der Waals surface area contributed by atoms with Crippen LogP contribution in [0, 0.1) is 5.41 Å². The Labute approximate surface area is 151 Å². The van der Waals surface area contributed by atoms with E-state index in [1.54, 1.807) is 13.2 Å². The van der Waals surface area contributed by atoms with E-state index in [9.17, 15) is 9.59 Å². The number of hydrogen-bond donors (Lipinski definition) is 3. The van der Waals surface area contributed by atoms with E-state index < -0.39 is 17.8 Å². The molecule has 1 unspecified atom stereocenters. The summed E-state index contributed by atoms with van der Waals surface area (Å²) in [5.74, 6) is -1.67. The maximum atomic E-state index is 12.7. The van der Waals surface area contributed by atoms with Gasteiger partial charge in [-0.3, -0.25) is 15.0 Å². The Morgan fingerprint density at radius 3 is 2.85 bits per heavy atom. The summed E-state index contributed by atoms with van der Waals surface area (Å²) in [6.45, 7) is 2.12. The highest BCUT2D eigenvalue weighted by atomic mass is 16.5. The summed E-state index contributed by atoms with van der Waals surface area (Å²) in [5.41, 5.74) is 6.54. The van der Waals surface area contributed by atoms with E-state index in [4.69, 9.17) is 15.9 Å². The molecule has 1 atom stereocenters. The molecule has 1 fully saturated rings. The summed E-state index contributed by atoms with van der Waals surface area (Å²) < 4.78 is 5.31. The first-order valence-electron chi connectivity index (χ1n) is 8.54. The lowest BCUT2D eigenvalue weighted by Crippen LogP contribution is -2.46. The third kappa shape index (κ3) is 3.76. The maximum absolute atomic E-state index is 12.7. The third-order valence-corrected chi connectivity index (χ3v) is 4.66. The summed E-state index contributed by atoms with van der Waals surface area (Å²) in [6.07, 6.45) is 1.22. The summed E-state index contributed by atoms with van der Waals surface area (Å²) >= 11 is 0. The highest BCUT2D eigenvalue weighted by Crippen LogP contribution is 2.17. The van der Waals surface area contributed by atoms with Crippen LogP contribution in [0.4, 0.5) is 0 Å². The molecule has 2 heterocycles. The SMILES string of the molecule is COC1CCN(CCC(=O)N(C(=N)N)C(=O)c2cc3ccccc3[nH]2)C1. The van der Waals surface area contributed by atoms with Crippen molar-refractivity contribution in [3.05, 3.63) is 36.0 Å². The molecular weight excluding hydrogens is 334 g/mol. The number of aromatic amines is 1. The highest BCUT2D eigenvalue weighted by Gasteiger charge is 2.28. The van der Waals surface area contributed by atoms with Gasteiger partial charge in [0.1, 0.15) is 5.69 Å². The summed E-state index contributed by atoms with van der Waals surface area (Å²) in [4.78, 5) is 31.1. The van der Waals surface area contributed by atoms with E-state index in [0.29, 0.717) is 6.54 Å². The molecule has 1 saturated heterocycles. The first kappa shape index (κ1) is 18.1. The molecule has 2 amide bonds. The smallest absolute Gasteiger partial charge is 0.283 e. The molecule has 1 aliphatic heterocycles. The van der Waals surface area contributed by atoms with Crippen LogP contribution >= 0.6 is 0 Å². The topological polar surface area (TPSA) is 116 Å². The van der Waals surface area contributed by atoms with Gasteiger partial charge < -0.3 is 20.4 Å². The molecule has 0 radical (unpaired) electrons. The van der Waals surface area contributed by atoms with Gasteiger partial charge in [0.15, 0.2) is 0 Å². The first-order valence-corrected chi connectivity index (χ1v) is 8.54. The fourth-order valence-corrected chi connectivity index (χ4v) is 3.22. The van der Waals surface area contributed by atoms with Crippen LogP contribution in [0.5, 0.6) is 0 Å². The zero-order valence-corrected chi connectivity index (χ0v) is 14.7. The number of guanidine groups is 1. The van der Waals surface area contributed by atoms with E-state index in [1.165, 1.54) is 0 Å². The molecule has 26 heavy (non-hydrogen) atoms. The molecule has 0 bridgehead atoms. The van der Waals surface area contributed by atoms with Crippen molar-refractivity contribution in [1.82, 2.24) is 14.8 Å². The van der Waals surface area contributed by atoms with Crippen molar-refractivity contribution < 1.29 is 14.3 Å². The number of benzene rings is 1. The molecule has 138 valence electrons. The highest BCUT2D eigenvalue weighted by molar-refractivity contribution is 6.16. The Kier molecular flexibility index (Phi) is 5.34. The number of H-pyrrole nitrogens is 1. The number of carbonyl (C=O) groups excluding carboxylic acids is 2. The first-order chi connectivity index (χ1) is 12.5. The Morgan fingerprint density at radius 1 is 1.42 bits per heavy atom. The van der Waals surface area contributed by atoms with Gasteiger partial charge in [-0.15, -0.1) is 0 Å². The van der Waals surface area contributed by atoms with Crippen LogP contribution in [0.25, 0.3) is 10.9 Å². The second-order valence-corrected chi connectivity index (χ2v) is 6.39. The van der Waals surface area contributed by atoms with Gasteiger partial charge in [0.25, 0.3) is 5.91 Å². The van der Waals surface area contributed by atoms with Gasteiger partial charge in [-0.2, -0.15) is 0 Å². The van der Waals surface area contributed by atoms with Crippen molar-refractivity contribution in [1.29, 1.82) is 5.41 Å². The monoisotopic (exact) mass is 357 g/mol. The molecule has 4 N–H and O–H groups in total. The van der Waals surface area contributed by atoms with Crippen molar-refractivity contribution in [3.8, 4) is 0 Å². The fraction of sp³-hybridized carbons (Fsp3) is 0.389. The number of likely N-dealkylation sites (tertiary alicyclic amines) is 1. The Morgan fingerprint density at radius 2 is 2.19 bits per heavy atom. The van der Waals surface area contributed by atoms with E-state index in [2.05, 4.69) is 9.88 Å². The number of aromatic nitrogens is 1. The average Bonchev–Trinajstić information content (AvgIpc) is 3.26. The standard InChI is InChI=1S/C18H23N5O3/c1-26-13-6-8-22(11-13)9-7-16(24)23(18(19)20)17(25)15-10-12-4-2-3-5-14(12)21-15/h2-5,10,13,21H,6-9,11H2,1H3,(H3,19,20). The van der Waals surface area contributed by atoms with Crippen LogP contribution in [0.15, 0.2) is 30.3 Å². The number of methoxy groups -OCH3 is 1. The van der Waals surface area contributed by atoms with Crippen LogP contribution in [0.2, 0.25) is 0 Å². The minimum atomic E-state index is -0.616. The second kappa shape index (κ2) is 7.67. The predicted molar refractivity (Wildman–Crippen MR) is 97.9 cm³/mol. The molecule has 0 spiro atoms. The van der Waals surface area contributed by atoms with Gasteiger partial charge in [0.2, 0.25) is 11.9 Å². The number of imide groups is 1. The Hall–Kier alpha value is -2.71. The molecule has 1 aromatic carbocycles. The number of rotatable bonds is 5. The number of para-hydroxylation sites is 1. The van der Waals surface area contributed by atoms with Crippen LogP contribution in [-0.2, 0) is 9.53 Å². The van der Waals surface area contributed by atoms with Crippen LogP contribution in [0.1, 0.15) is 23.3 Å². The van der Waals surface area contributed by atoms with Gasteiger partial charge in [-0.05, 0) is 18.6 Å². The van der Waals surface area contributed by atoms with Gasteiger partial charge in [0.05, 0.1) is 6.10 Å². The van der Waals surface area contributed by atoms with Crippen molar-refractivity contribution in [3.63, 3.8) is 0 Å².